The number of hydrogen-bond donors (Lipinski definition) is 0. The van der Waals surface area contributed by atoms with Crippen molar-refractivity contribution in [3.05, 3.63) is 12.2 Å². The highest BCUT2D eigenvalue weighted by Crippen LogP contribution is 2.14. The van der Waals surface area contributed by atoms with Gasteiger partial charge in [-0.1, -0.05) is 5.57 Å². The quantitative estimate of drug-likeness (QED) is 0.395. The Morgan fingerprint density at radius 3 is 1.62 bits per heavy atom. The number of allylic oxidation sites excluding steroid dienone is 1. The van der Waals surface area contributed by atoms with E-state index in [0.717, 1.165) is 12.5 Å². The zero-order chi connectivity index (χ0) is 13.0. The summed E-state index contributed by atoms with van der Waals surface area (Å²) in [4.78, 5) is 0. The van der Waals surface area contributed by atoms with Crippen LogP contribution in [0.1, 0.15) is 20.3 Å². The van der Waals surface area contributed by atoms with Crippen molar-refractivity contribution in [2.45, 2.75) is 26.3 Å². The lowest BCUT2D eigenvalue weighted by atomic mass is 10.4. The first-order valence-electron chi connectivity index (χ1n) is 5.24. The minimum Gasteiger partial charge on any atom is -0.385 e. The third-order valence-corrected chi connectivity index (χ3v) is 4.60. The van der Waals surface area contributed by atoms with Gasteiger partial charge in [0.05, 0.1) is 0 Å². The lowest BCUT2D eigenvalue weighted by Gasteiger charge is -2.23. The maximum atomic E-state index is 5.22. The van der Waals surface area contributed by atoms with Crippen molar-refractivity contribution in [1.82, 2.24) is 0 Å². The Morgan fingerprint density at radius 1 is 1.00 bits per heavy atom. The molecule has 4 nitrogen and oxygen atoms in total. The zero-order valence-corrected chi connectivity index (χ0v) is 12.5. The molecule has 0 spiro atoms. The molecule has 0 atom stereocenters. The van der Waals surface area contributed by atoms with Crippen LogP contribution in [0.3, 0.4) is 0 Å². The molecule has 0 aromatic carbocycles. The molecule has 0 saturated carbocycles. The predicted molar refractivity (Wildman–Crippen MR) is 68.6 cm³/mol. The monoisotopic (exact) mass is 250 g/mol. The Labute approximate surface area is 101 Å². The molecule has 0 rings (SSSR count). The Morgan fingerprint density at radius 2 is 1.38 bits per heavy atom. The summed E-state index contributed by atoms with van der Waals surface area (Å²) in [5.74, 6) is 0. The number of hydrogen-bond acceptors (Lipinski definition) is 4. The summed E-state index contributed by atoms with van der Waals surface area (Å²) in [7, 11) is 4.19. The van der Waals surface area contributed by atoms with E-state index in [0.29, 0.717) is 6.61 Å². The van der Waals surface area contributed by atoms with Gasteiger partial charge in [0.2, 0.25) is 0 Å². The molecule has 0 bridgehead atoms. The van der Waals surface area contributed by atoms with Gasteiger partial charge in [0, 0.05) is 41.1 Å². The molecule has 0 fully saturated rings. The highest BCUT2D eigenvalue weighted by molar-refractivity contribution is 6.60. The zero-order valence-electron chi connectivity index (χ0n) is 11.5. The lowest BCUT2D eigenvalue weighted by molar-refractivity contribution is 0.117. The highest BCUT2D eigenvalue weighted by atomic mass is 28.4. The van der Waals surface area contributed by atoms with Crippen molar-refractivity contribution >= 4 is 8.80 Å². The largest absolute Gasteiger partial charge is 0.500 e. The van der Waals surface area contributed by atoms with Gasteiger partial charge in [-0.2, -0.15) is 0 Å². The summed E-state index contributed by atoms with van der Waals surface area (Å²) in [5, 5.41) is 0. The van der Waals surface area contributed by atoms with E-state index in [9.17, 15) is 0 Å². The van der Waals surface area contributed by atoms with Crippen LogP contribution in [-0.4, -0.2) is 43.9 Å². The summed E-state index contributed by atoms with van der Waals surface area (Å²) < 4.78 is 20.6. The molecular formula is C11H26O4Si. The number of methoxy groups -OCH3 is 1. The molecular weight excluding hydrogens is 224 g/mol. The van der Waals surface area contributed by atoms with Gasteiger partial charge >= 0.3 is 8.80 Å². The van der Waals surface area contributed by atoms with Crippen molar-refractivity contribution < 1.29 is 18.0 Å². The summed E-state index contributed by atoms with van der Waals surface area (Å²) in [6.07, 6.45) is 0.901. The van der Waals surface area contributed by atoms with Crippen LogP contribution in [0.5, 0.6) is 0 Å². The van der Waals surface area contributed by atoms with Gasteiger partial charge in [0.1, 0.15) is 0 Å². The van der Waals surface area contributed by atoms with Gasteiger partial charge in [-0.25, -0.2) is 0 Å². The maximum Gasteiger partial charge on any atom is 0.500 e. The molecule has 16 heavy (non-hydrogen) atoms. The maximum absolute atomic E-state index is 5.22. The van der Waals surface area contributed by atoms with Gasteiger partial charge in [-0.3, -0.25) is 0 Å². The first kappa shape index (κ1) is 18.2. The first-order chi connectivity index (χ1) is 7.47. The molecule has 0 aliphatic carbocycles. The van der Waals surface area contributed by atoms with Crippen molar-refractivity contribution in [3.8, 4) is 0 Å². The third kappa shape index (κ3) is 10.3. The molecule has 98 valence electrons. The van der Waals surface area contributed by atoms with Gasteiger partial charge in [-0.15, -0.1) is 6.58 Å². The fourth-order valence-electron chi connectivity index (χ4n) is 0.989. The average molecular weight is 250 g/mol. The Balaban J connectivity index is 0. The van der Waals surface area contributed by atoms with Crippen LogP contribution >= 0.6 is 0 Å². The van der Waals surface area contributed by atoms with Crippen LogP contribution in [0.2, 0.25) is 6.04 Å². The van der Waals surface area contributed by atoms with Crippen molar-refractivity contribution in [1.29, 1.82) is 0 Å². The molecule has 0 aromatic heterocycles. The topological polar surface area (TPSA) is 36.9 Å². The molecule has 0 N–H and O–H groups in total. The van der Waals surface area contributed by atoms with E-state index in [-0.39, 0.29) is 0 Å². The van der Waals surface area contributed by atoms with Gasteiger partial charge in [0.15, 0.2) is 0 Å². The molecule has 0 aromatic rings. The number of rotatable bonds is 7. The Kier molecular flexibility index (Phi) is 12.8. The number of ether oxygens (including phenoxy) is 1. The second-order valence-corrected chi connectivity index (χ2v) is 6.69. The molecule has 0 aliphatic heterocycles. The van der Waals surface area contributed by atoms with Crippen LogP contribution in [0.25, 0.3) is 0 Å². The van der Waals surface area contributed by atoms with Crippen LogP contribution < -0.4 is 0 Å². The fourth-order valence-corrected chi connectivity index (χ4v) is 2.68. The summed E-state index contributed by atoms with van der Waals surface area (Å²) in [6.45, 7) is 8.21. The summed E-state index contributed by atoms with van der Waals surface area (Å²) in [5.41, 5.74) is 1.17. The van der Waals surface area contributed by atoms with E-state index in [1.807, 2.05) is 13.8 Å². The van der Waals surface area contributed by atoms with E-state index in [2.05, 4.69) is 6.58 Å². The van der Waals surface area contributed by atoms with Crippen LogP contribution in [0.15, 0.2) is 12.2 Å². The minimum atomic E-state index is -2.33. The molecule has 0 aliphatic rings. The van der Waals surface area contributed by atoms with E-state index in [4.69, 9.17) is 18.0 Å². The fraction of sp³-hybridized carbons (Fsp3) is 0.818. The lowest BCUT2D eigenvalue weighted by Crippen LogP contribution is -2.42. The van der Waals surface area contributed by atoms with Gasteiger partial charge < -0.3 is 18.0 Å². The predicted octanol–water partition coefficient (Wildman–Crippen LogP) is 2.48. The molecule has 0 amide bonds. The molecule has 0 radical (unpaired) electrons. The summed E-state index contributed by atoms with van der Waals surface area (Å²) in [6, 6.07) is 0.796. The Hall–Kier alpha value is -0.203. The third-order valence-electron chi connectivity index (χ3n) is 1.76. The van der Waals surface area contributed by atoms with E-state index < -0.39 is 8.80 Å². The standard InChI is InChI=1S/C7H18O4Si.C4H8/c1-8-6-5-7-12(9-2,10-3)11-4;1-4(2)3/h5-7H2,1-4H3;1H2,2-3H3. The van der Waals surface area contributed by atoms with Crippen molar-refractivity contribution in [3.63, 3.8) is 0 Å². The highest BCUT2D eigenvalue weighted by Gasteiger charge is 2.36. The van der Waals surface area contributed by atoms with Gasteiger partial charge in [-0.05, 0) is 20.3 Å². The Bertz CT molecular complexity index is 157. The van der Waals surface area contributed by atoms with Gasteiger partial charge in [0.25, 0.3) is 0 Å². The van der Waals surface area contributed by atoms with Crippen LogP contribution in [0, 0.1) is 0 Å². The van der Waals surface area contributed by atoms with E-state index >= 15 is 0 Å². The smallest absolute Gasteiger partial charge is 0.385 e. The normalized spacial score (nSPS) is 10.6. The molecule has 0 heterocycles. The second kappa shape index (κ2) is 11.3. The summed E-state index contributed by atoms with van der Waals surface area (Å²) >= 11 is 0. The van der Waals surface area contributed by atoms with Crippen molar-refractivity contribution in [2.24, 2.45) is 0 Å². The molecule has 5 heteroatoms. The minimum absolute atomic E-state index is 0.713. The van der Waals surface area contributed by atoms with Crippen LogP contribution in [-0.2, 0) is 18.0 Å². The van der Waals surface area contributed by atoms with E-state index in [1.165, 1.54) is 5.57 Å². The van der Waals surface area contributed by atoms with Crippen molar-refractivity contribution in [2.75, 3.05) is 35.0 Å². The van der Waals surface area contributed by atoms with E-state index in [1.54, 1.807) is 28.4 Å². The second-order valence-electron chi connectivity index (χ2n) is 3.60. The SMILES string of the molecule is C=C(C)C.COCCC[Si](OC)(OC)OC. The molecule has 0 unspecified atom stereocenters. The average Bonchev–Trinajstić information content (AvgIpc) is 2.25. The van der Waals surface area contributed by atoms with Crippen LogP contribution in [0.4, 0.5) is 0 Å². The first-order valence-corrected chi connectivity index (χ1v) is 7.17. The molecule has 0 saturated heterocycles.